The normalized spacial score (nSPS) is 14.8. The zero-order valence-corrected chi connectivity index (χ0v) is 16.5. The molecule has 0 aromatic heterocycles. The molecule has 1 unspecified atom stereocenters. The zero-order chi connectivity index (χ0) is 18.7. The van der Waals surface area contributed by atoms with Gasteiger partial charge in [0, 0.05) is 0 Å². The molecule has 5 nitrogen and oxygen atoms in total. The van der Waals surface area contributed by atoms with Crippen LogP contribution in [-0.4, -0.2) is 51.2 Å². The molecule has 2 N–H and O–H groups in total. The van der Waals surface area contributed by atoms with Gasteiger partial charge in [-0.1, -0.05) is 26.3 Å². The lowest BCUT2D eigenvalue weighted by Crippen LogP contribution is -3.16. The number of aliphatic hydroxyl groups excluding tert-OH is 1. The van der Waals surface area contributed by atoms with E-state index in [0.717, 1.165) is 25.1 Å². The summed E-state index contributed by atoms with van der Waals surface area (Å²) in [7, 11) is 3.24. The van der Waals surface area contributed by atoms with Gasteiger partial charge in [0.2, 0.25) is 0 Å². The van der Waals surface area contributed by atoms with Crippen molar-refractivity contribution in [2.45, 2.75) is 58.8 Å². The molecule has 0 spiro atoms. The van der Waals surface area contributed by atoms with Crippen LogP contribution >= 0.6 is 0 Å². The highest BCUT2D eigenvalue weighted by atomic mass is 16.5. The SMILES string of the molecule is CCCC[NH+](C[C@@H](O)COCc1ccc(OC)c(OC)c1)[C@@H](C)CC. The van der Waals surface area contributed by atoms with Gasteiger partial charge in [0.15, 0.2) is 11.5 Å². The Hall–Kier alpha value is -1.30. The highest BCUT2D eigenvalue weighted by Crippen LogP contribution is 2.27. The monoisotopic (exact) mass is 354 g/mol. The van der Waals surface area contributed by atoms with Gasteiger partial charge in [-0.25, -0.2) is 0 Å². The van der Waals surface area contributed by atoms with Crippen LogP contribution in [0.2, 0.25) is 0 Å². The lowest BCUT2D eigenvalue weighted by atomic mass is 10.1. The molecule has 1 aromatic rings. The second kappa shape index (κ2) is 12.1. The van der Waals surface area contributed by atoms with Crippen LogP contribution in [0.4, 0.5) is 0 Å². The van der Waals surface area contributed by atoms with Gasteiger partial charge in [-0.2, -0.15) is 0 Å². The predicted octanol–water partition coefficient (Wildman–Crippen LogP) is 2.06. The molecule has 0 aliphatic rings. The number of nitrogens with one attached hydrogen (secondary N) is 1. The minimum absolute atomic E-state index is 0.348. The van der Waals surface area contributed by atoms with Crippen LogP contribution in [0.25, 0.3) is 0 Å². The quantitative estimate of drug-likeness (QED) is 0.569. The second-order valence-corrected chi connectivity index (χ2v) is 6.63. The fraction of sp³-hybridized carbons (Fsp3) is 0.700. The summed E-state index contributed by atoms with van der Waals surface area (Å²) in [5.74, 6) is 1.39. The van der Waals surface area contributed by atoms with Gasteiger partial charge < -0.3 is 24.2 Å². The molecule has 1 rings (SSSR count). The Balaban J connectivity index is 2.46. The van der Waals surface area contributed by atoms with Crippen molar-refractivity contribution in [1.29, 1.82) is 0 Å². The molecule has 0 saturated heterocycles. The van der Waals surface area contributed by atoms with E-state index in [-0.39, 0.29) is 0 Å². The molecule has 0 radical (unpaired) electrons. The third kappa shape index (κ3) is 7.63. The number of benzene rings is 1. The van der Waals surface area contributed by atoms with E-state index in [2.05, 4.69) is 20.8 Å². The van der Waals surface area contributed by atoms with Gasteiger partial charge in [0.05, 0.1) is 40.0 Å². The summed E-state index contributed by atoms with van der Waals surface area (Å²) in [5.41, 5.74) is 1.00. The van der Waals surface area contributed by atoms with E-state index >= 15 is 0 Å². The number of quaternary nitrogens is 1. The van der Waals surface area contributed by atoms with Gasteiger partial charge in [-0.3, -0.25) is 0 Å². The Morgan fingerprint density at radius 2 is 1.84 bits per heavy atom. The number of ether oxygens (including phenoxy) is 3. The first kappa shape index (κ1) is 21.7. The predicted molar refractivity (Wildman–Crippen MR) is 101 cm³/mol. The molecular formula is C20H36NO4+. The van der Waals surface area contributed by atoms with Crippen molar-refractivity contribution < 1.29 is 24.2 Å². The van der Waals surface area contributed by atoms with Crippen molar-refractivity contribution in [2.24, 2.45) is 0 Å². The number of hydrogen-bond acceptors (Lipinski definition) is 4. The number of methoxy groups -OCH3 is 2. The summed E-state index contributed by atoms with van der Waals surface area (Å²) in [6, 6.07) is 6.29. The molecular weight excluding hydrogens is 318 g/mol. The van der Waals surface area contributed by atoms with Crippen molar-refractivity contribution in [2.75, 3.05) is 33.9 Å². The van der Waals surface area contributed by atoms with Crippen LogP contribution in [0.5, 0.6) is 11.5 Å². The standard InChI is InChI=1S/C20H35NO4/c1-6-8-11-21(16(3)7-2)13-18(22)15-25-14-17-9-10-19(23-4)20(12-17)24-5/h9-10,12,16,18,22H,6-8,11,13-15H2,1-5H3/p+1/t16-,18+/m0/s1. The molecule has 0 fully saturated rings. The van der Waals surface area contributed by atoms with E-state index in [1.54, 1.807) is 14.2 Å². The maximum Gasteiger partial charge on any atom is 0.161 e. The van der Waals surface area contributed by atoms with Gasteiger partial charge in [0.25, 0.3) is 0 Å². The lowest BCUT2D eigenvalue weighted by molar-refractivity contribution is -0.926. The minimum Gasteiger partial charge on any atom is -0.493 e. The van der Waals surface area contributed by atoms with Crippen LogP contribution in [-0.2, 0) is 11.3 Å². The fourth-order valence-electron chi connectivity index (χ4n) is 2.89. The van der Waals surface area contributed by atoms with E-state index < -0.39 is 6.10 Å². The Labute approximate surface area is 152 Å². The largest absolute Gasteiger partial charge is 0.493 e. The summed E-state index contributed by atoms with van der Waals surface area (Å²) >= 11 is 0. The van der Waals surface area contributed by atoms with Crippen LogP contribution in [0.1, 0.15) is 45.6 Å². The molecule has 0 saturated carbocycles. The van der Waals surface area contributed by atoms with Crippen LogP contribution < -0.4 is 14.4 Å². The molecule has 0 aliphatic carbocycles. The molecule has 0 heterocycles. The molecule has 3 atom stereocenters. The Kier molecular flexibility index (Phi) is 10.5. The summed E-state index contributed by atoms with van der Waals surface area (Å²) in [5, 5.41) is 10.3. The average molecular weight is 355 g/mol. The Morgan fingerprint density at radius 3 is 2.44 bits per heavy atom. The van der Waals surface area contributed by atoms with E-state index in [0.29, 0.717) is 30.8 Å². The summed E-state index contributed by atoms with van der Waals surface area (Å²) < 4.78 is 16.2. The summed E-state index contributed by atoms with van der Waals surface area (Å²) in [6.45, 7) is 9.31. The molecule has 0 amide bonds. The van der Waals surface area contributed by atoms with Crippen molar-refractivity contribution in [1.82, 2.24) is 0 Å². The lowest BCUT2D eigenvalue weighted by Gasteiger charge is -2.27. The molecule has 5 heteroatoms. The molecule has 1 aromatic carbocycles. The number of aliphatic hydroxyl groups is 1. The van der Waals surface area contributed by atoms with Gasteiger partial charge in [0.1, 0.15) is 12.6 Å². The maximum absolute atomic E-state index is 10.3. The van der Waals surface area contributed by atoms with E-state index in [9.17, 15) is 5.11 Å². The first-order valence-electron chi connectivity index (χ1n) is 9.36. The van der Waals surface area contributed by atoms with Crippen molar-refractivity contribution in [3.05, 3.63) is 23.8 Å². The van der Waals surface area contributed by atoms with E-state index in [4.69, 9.17) is 14.2 Å². The van der Waals surface area contributed by atoms with E-state index in [1.165, 1.54) is 17.7 Å². The zero-order valence-electron chi connectivity index (χ0n) is 16.5. The van der Waals surface area contributed by atoms with Crippen LogP contribution in [0.15, 0.2) is 18.2 Å². The first-order chi connectivity index (χ1) is 12.0. The van der Waals surface area contributed by atoms with Gasteiger partial charge in [-0.05, 0) is 37.5 Å². The molecule has 144 valence electrons. The average Bonchev–Trinajstić information content (AvgIpc) is 2.64. The summed E-state index contributed by atoms with van der Waals surface area (Å²) in [6.07, 6.45) is 3.06. The molecule has 25 heavy (non-hydrogen) atoms. The number of rotatable bonds is 13. The Bertz CT molecular complexity index is 481. The first-order valence-corrected chi connectivity index (χ1v) is 9.36. The fourth-order valence-corrected chi connectivity index (χ4v) is 2.89. The van der Waals surface area contributed by atoms with Crippen molar-refractivity contribution in [3.8, 4) is 11.5 Å². The van der Waals surface area contributed by atoms with Crippen molar-refractivity contribution >= 4 is 0 Å². The highest BCUT2D eigenvalue weighted by Gasteiger charge is 2.19. The third-order valence-electron chi connectivity index (χ3n) is 4.69. The Morgan fingerprint density at radius 1 is 1.12 bits per heavy atom. The van der Waals surface area contributed by atoms with Crippen LogP contribution in [0.3, 0.4) is 0 Å². The molecule has 0 aliphatic heterocycles. The topological polar surface area (TPSA) is 52.4 Å². The van der Waals surface area contributed by atoms with Gasteiger partial charge in [-0.15, -0.1) is 0 Å². The van der Waals surface area contributed by atoms with E-state index in [1.807, 2.05) is 18.2 Å². The smallest absolute Gasteiger partial charge is 0.161 e. The van der Waals surface area contributed by atoms with Crippen LogP contribution in [0, 0.1) is 0 Å². The van der Waals surface area contributed by atoms with Gasteiger partial charge >= 0.3 is 0 Å². The minimum atomic E-state index is -0.444. The highest BCUT2D eigenvalue weighted by molar-refractivity contribution is 5.42. The number of hydrogen-bond donors (Lipinski definition) is 2. The maximum atomic E-state index is 10.3. The molecule has 0 bridgehead atoms. The number of unbranched alkanes of at least 4 members (excludes halogenated alkanes) is 1. The summed E-state index contributed by atoms with van der Waals surface area (Å²) in [4.78, 5) is 1.46. The second-order valence-electron chi connectivity index (χ2n) is 6.63. The van der Waals surface area contributed by atoms with Crippen molar-refractivity contribution in [3.63, 3.8) is 0 Å². The third-order valence-corrected chi connectivity index (χ3v) is 4.69.